The minimum Gasteiger partial charge on any atom is -0.422 e. The third kappa shape index (κ3) is 4.87. The van der Waals surface area contributed by atoms with Crippen molar-refractivity contribution in [3.05, 3.63) is 46.3 Å². The fraction of sp³-hybridized carbons (Fsp3) is 0.389. The summed E-state index contributed by atoms with van der Waals surface area (Å²) >= 11 is 5.23. The molecule has 0 radical (unpaired) electrons. The molecule has 3 rings (SSSR count). The molecule has 1 aliphatic heterocycles. The minimum atomic E-state index is -0.419. The van der Waals surface area contributed by atoms with Gasteiger partial charge in [0.2, 0.25) is 0 Å². The number of hydrogen-bond donors (Lipinski definition) is 2. The lowest BCUT2D eigenvalue weighted by molar-refractivity contribution is 0.0389. The van der Waals surface area contributed by atoms with Crippen molar-refractivity contribution in [3.8, 4) is 0 Å². The lowest BCUT2D eigenvalue weighted by Crippen LogP contribution is -2.43. The molecule has 0 atom stereocenters. The molecule has 7 nitrogen and oxygen atoms in total. The number of hydrazone groups is 1. The predicted molar refractivity (Wildman–Crippen MR) is 106 cm³/mol. The first kappa shape index (κ1) is 18.5. The largest absolute Gasteiger partial charge is 0.422 e. The van der Waals surface area contributed by atoms with Crippen molar-refractivity contribution in [2.24, 2.45) is 5.10 Å². The van der Waals surface area contributed by atoms with Crippen LogP contribution in [0.3, 0.4) is 0 Å². The van der Waals surface area contributed by atoms with Crippen molar-refractivity contribution < 1.29 is 9.15 Å². The summed E-state index contributed by atoms with van der Waals surface area (Å²) in [6.07, 6.45) is 0. The van der Waals surface area contributed by atoms with Gasteiger partial charge < -0.3 is 14.5 Å². The first-order valence-corrected chi connectivity index (χ1v) is 8.96. The number of para-hydroxylation sites is 1. The van der Waals surface area contributed by atoms with Crippen LogP contribution in [0.2, 0.25) is 0 Å². The number of thiocarbonyl (C=S) groups is 1. The highest BCUT2D eigenvalue weighted by Crippen LogP contribution is 2.12. The van der Waals surface area contributed by atoms with Gasteiger partial charge in [-0.25, -0.2) is 4.79 Å². The van der Waals surface area contributed by atoms with Crippen LogP contribution in [-0.2, 0) is 4.74 Å². The summed E-state index contributed by atoms with van der Waals surface area (Å²) in [5, 5.41) is 8.58. The quantitative estimate of drug-likeness (QED) is 0.354. The molecule has 1 aliphatic rings. The molecule has 1 aromatic carbocycles. The highest BCUT2D eigenvalue weighted by molar-refractivity contribution is 7.80. The summed E-state index contributed by atoms with van der Waals surface area (Å²) in [6.45, 7) is 6.79. The van der Waals surface area contributed by atoms with Crippen molar-refractivity contribution in [2.45, 2.75) is 6.92 Å². The molecule has 1 fully saturated rings. The van der Waals surface area contributed by atoms with Gasteiger partial charge in [-0.05, 0) is 31.3 Å². The molecular formula is C18H22N4O3S. The average Bonchev–Trinajstić information content (AvgIpc) is 2.66. The van der Waals surface area contributed by atoms with Crippen molar-refractivity contribution in [3.63, 3.8) is 0 Å². The monoisotopic (exact) mass is 374 g/mol. The van der Waals surface area contributed by atoms with Crippen LogP contribution in [0.25, 0.3) is 11.0 Å². The molecule has 1 aromatic heterocycles. The van der Waals surface area contributed by atoms with Crippen molar-refractivity contribution in [2.75, 3.05) is 39.4 Å². The maximum Gasteiger partial charge on any atom is 0.345 e. The maximum absolute atomic E-state index is 12.1. The van der Waals surface area contributed by atoms with E-state index in [0.29, 0.717) is 22.0 Å². The first-order chi connectivity index (χ1) is 12.6. The molecule has 2 aromatic rings. The molecule has 0 saturated carbocycles. The molecule has 0 bridgehead atoms. The van der Waals surface area contributed by atoms with E-state index < -0.39 is 5.63 Å². The Labute approximate surface area is 157 Å². The van der Waals surface area contributed by atoms with Gasteiger partial charge in [0.1, 0.15) is 5.58 Å². The summed E-state index contributed by atoms with van der Waals surface area (Å²) in [6, 6.07) is 9.15. The summed E-state index contributed by atoms with van der Waals surface area (Å²) in [4.78, 5) is 14.4. The van der Waals surface area contributed by atoms with E-state index in [2.05, 4.69) is 20.7 Å². The van der Waals surface area contributed by atoms with E-state index >= 15 is 0 Å². The van der Waals surface area contributed by atoms with E-state index in [0.717, 1.165) is 44.8 Å². The lowest BCUT2D eigenvalue weighted by Gasteiger charge is -2.26. The topological polar surface area (TPSA) is 79.1 Å². The number of morpholine rings is 1. The zero-order valence-electron chi connectivity index (χ0n) is 14.7. The Bertz CT molecular complexity index is 859. The summed E-state index contributed by atoms with van der Waals surface area (Å²) in [5.41, 5.74) is 3.84. The van der Waals surface area contributed by atoms with E-state index in [1.54, 1.807) is 19.1 Å². The van der Waals surface area contributed by atoms with Crippen LogP contribution in [0.4, 0.5) is 0 Å². The Morgan fingerprint density at radius 1 is 1.31 bits per heavy atom. The van der Waals surface area contributed by atoms with Crippen molar-refractivity contribution >= 4 is 34.0 Å². The number of nitrogens with zero attached hydrogens (tertiary/aromatic N) is 2. The predicted octanol–water partition coefficient (Wildman–Crippen LogP) is 1.31. The average molecular weight is 374 g/mol. The van der Waals surface area contributed by atoms with Crippen LogP contribution in [0.5, 0.6) is 0 Å². The molecule has 0 aliphatic carbocycles. The van der Waals surface area contributed by atoms with Crippen LogP contribution in [-0.4, -0.2) is 55.1 Å². The molecule has 26 heavy (non-hydrogen) atoms. The summed E-state index contributed by atoms with van der Waals surface area (Å²) in [7, 11) is 0. The van der Waals surface area contributed by atoms with Gasteiger partial charge in [0.15, 0.2) is 5.11 Å². The van der Waals surface area contributed by atoms with Crippen LogP contribution in [0, 0.1) is 0 Å². The maximum atomic E-state index is 12.1. The van der Waals surface area contributed by atoms with Gasteiger partial charge in [-0.2, -0.15) is 5.10 Å². The summed E-state index contributed by atoms with van der Waals surface area (Å²) < 4.78 is 10.6. The number of rotatable bonds is 5. The Balaban J connectivity index is 1.55. The SMILES string of the molecule is C/C(=N/NC(=S)NCCN1CCOCC1)c1cc2ccccc2oc1=O. The third-order valence-electron chi connectivity index (χ3n) is 4.17. The second kappa shape index (κ2) is 8.88. The van der Waals surface area contributed by atoms with Gasteiger partial charge in [0.25, 0.3) is 0 Å². The molecule has 0 spiro atoms. The number of benzene rings is 1. The molecule has 0 amide bonds. The van der Waals surface area contributed by atoms with Gasteiger partial charge in [0.05, 0.1) is 24.5 Å². The fourth-order valence-corrected chi connectivity index (χ4v) is 2.85. The zero-order valence-corrected chi connectivity index (χ0v) is 15.5. The van der Waals surface area contributed by atoms with Crippen molar-refractivity contribution in [1.82, 2.24) is 15.6 Å². The Morgan fingerprint density at radius 2 is 2.08 bits per heavy atom. The van der Waals surface area contributed by atoms with E-state index in [9.17, 15) is 4.79 Å². The van der Waals surface area contributed by atoms with E-state index in [1.807, 2.05) is 18.2 Å². The molecular weight excluding hydrogens is 352 g/mol. The Kier molecular flexibility index (Phi) is 6.32. The molecule has 8 heteroatoms. The Hall–Kier alpha value is -2.29. The second-order valence-electron chi connectivity index (χ2n) is 6.00. The minimum absolute atomic E-state index is 0.410. The highest BCUT2D eigenvalue weighted by Gasteiger charge is 2.10. The smallest absolute Gasteiger partial charge is 0.345 e. The van der Waals surface area contributed by atoms with Crippen LogP contribution in [0.15, 0.2) is 44.6 Å². The third-order valence-corrected chi connectivity index (χ3v) is 4.41. The first-order valence-electron chi connectivity index (χ1n) is 8.55. The zero-order chi connectivity index (χ0) is 18.4. The molecule has 1 saturated heterocycles. The normalized spacial score (nSPS) is 15.8. The highest BCUT2D eigenvalue weighted by atomic mass is 32.1. The van der Waals surface area contributed by atoms with Gasteiger partial charge in [-0.1, -0.05) is 18.2 Å². The Morgan fingerprint density at radius 3 is 2.88 bits per heavy atom. The standard InChI is InChI=1S/C18H22N4O3S/c1-13(15-12-14-4-2-3-5-16(14)25-17(15)23)20-21-18(26)19-6-7-22-8-10-24-11-9-22/h2-5,12H,6-11H2,1H3,(H2,19,21,26)/b20-13-. The van der Waals surface area contributed by atoms with Crippen LogP contribution < -0.4 is 16.4 Å². The number of ether oxygens (including phenoxy) is 1. The van der Waals surface area contributed by atoms with E-state index in [-0.39, 0.29) is 0 Å². The van der Waals surface area contributed by atoms with Gasteiger partial charge in [-0.15, -0.1) is 0 Å². The van der Waals surface area contributed by atoms with E-state index in [4.69, 9.17) is 21.4 Å². The lowest BCUT2D eigenvalue weighted by atomic mass is 10.1. The molecule has 138 valence electrons. The number of nitrogens with one attached hydrogen (secondary N) is 2. The number of hydrogen-bond acceptors (Lipinski definition) is 6. The molecule has 2 N–H and O–H groups in total. The van der Waals surface area contributed by atoms with Gasteiger partial charge in [0, 0.05) is 31.6 Å². The molecule has 0 unspecified atom stereocenters. The van der Waals surface area contributed by atoms with Crippen LogP contribution in [0.1, 0.15) is 12.5 Å². The molecule has 2 heterocycles. The van der Waals surface area contributed by atoms with E-state index in [1.165, 1.54) is 0 Å². The van der Waals surface area contributed by atoms with Gasteiger partial charge >= 0.3 is 5.63 Å². The second-order valence-corrected chi connectivity index (χ2v) is 6.41. The van der Waals surface area contributed by atoms with Gasteiger partial charge in [-0.3, -0.25) is 10.3 Å². The number of fused-ring (bicyclic) bond motifs is 1. The van der Waals surface area contributed by atoms with Crippen molar-refractivity contribution in [1.29, 1.82) is 0 Å². The summed E-state index contributed by atoms with van der Waals surface area (Å²) in [5.74, 6) is 0. The van der Waals surface area contributed by atoms with Crippen LogP contribution >= 0.6 is 12.2 Å². The fourth-order valence-electron chi connectivity index (χ4n) is 2.70.